The maximum absolute atomic E-state index is 3.45. The predicted molar refractivity (Wildman–Crippen MR) is 66.7 cm³/mol. The molecule has 13 heavy (non-hydrogen) atoms. The van der Waals surface area contributed by atoms with E-state index in [1.54, 1.807) is 11.3 Å². The Morgan fingerprint density at radius 1 is 1.62 bits per heavy atom. The average molecular weight is 280 g/mol. The molecule has 1 unspecified atom stereocenters. The van der Waals surface area contributed by atoms with Crippen molar-refractivity contribution in [3.05, 3.63) is 20.8 Å². The van der Waals surface area contributed by atoms with Gasteiger partial charge < -0.3 is 5.32 Å². The van der Waals surface area contributed by atoms with Crippen molar-refractivity contribution in [2.24, 2.45) is 0 Å². The average Bonchev–Trinajstić information content (AvgIpc) is 2.51. The molecule has 1 nitrogen and oxygen atoms in total. The summed E-state index contributed by atoms with van der Waals surface area (Å²) in [4.78, 5) is 1.39. The molecule has 1 N–H and O–H groups in total. The molecule has 1 aromatic rings. The predicted octanol–water partition coefficient (Wildman–Crippen LogP) is 3.35. The van der Waals surface area contributed by atoms with Crippen LogP contribution in [0, 0.1) is 0 Å². The fourth-order valence-corrected chi connectivity index (χ4v) is 2.67. The summed E-state index contributed by atoms with van der Waals surface area (Å²) in [6.07, 6.45) is 2.15. The van der Waals surface area contributed by atoms with Gasteiger partial charge in [-0.25, -0.2) is 0 Å². The molecule has 0 saturated heterocycles. The Balaban J connectivity index is 2.20. The molecule has 74 valence electrons. The number of rotatable bonds is 5. The van der Waals surface area contributed by atoms with Gasteiger partial charge in [-0.1, -0.05) is 6.92 Å². The summed E-state index contributed by atoms with van der Waals surface area (Å²) in [7, 11) is 0. The summed E-state index contributed by atoms with van der Waals surface area (Å²) in [5.74, 6) is 0. The first-order valence-electron chi connectivity index (χ1n) is 4.20. The van der Waals surface area contributed by atoms with E-state index in [1.807, 2.05) is 11.8 Å². The SMILES string of the molecule is CSC(C)CNCc1ccc(Br)s1. The molecule has 4 heteroatoms. The first-order valence-corrected chi connectivity index (χ1v) is 7.10. The van der Waals surface area contributed by atoms with Gasteiger partial charge in [-0.05, 0) is 34.3 Å². The number of thioether (sulfide) groups is 1. The highest BCUT2D eigenvalue weighted by molar-refractivity contribution is 9.11. The van der Waals surface area contributed by atoms with Crippen LogP contribution in [0.15, 0.2) is 15.9 Å². The third-order valence-electron chi connectivity index (χ3n) is 1.76. The van der Waals surface area contributed by atoms with Crippen LogP contribution in [0.2, 0.25) is 0 Å². The van der Waals surface area contributed by atoms with Gasteiger partial charge in [-0.3, -0.25) is 0 Å². The van der Waals surface area contributed by atoms with Crippen molar-refractivity contribution < 1.29 is 0 Å². The van der Waals surface area contributed by atoms with Gasteiger partial charge in [-0.2, -0.15) is 11.8 Å². The number of hydrogen-bond acceptors (Lipinski definition) is 3. The second kappa shape index (κ2) is 6.06. The highest BCUT2D eigenvalue weighted by Gasteiger charge is 2.00. The summed E-state index contributed by atoms with van der Waals surface area (Å²) in [5, 5.41) is 4.13. The quantitative estimate of drug-likeness (QED) is 0.887. The third-order valence-corrected chi connectivity index (χ3v) is 4.36. The number of hydrogen-bond donors (Lipinski definition) is 1. The molecule has 0 amide bonds. The molecule has 0 aliphatic heterocycles. The van der Waals surface area contributed by atoms with E-state index in [4.69, 9.17) is 0 Å². The van der Waals surface area contributed by atoms with Crippen molar-refractivity contribution in [1.82, 2.24) is 5.32 Å². The highest BCUT2D eigenvalue weighted by atomic mass is 79.9. The van der Waals surface area contributed by atoms with Crippen LogP contribution < -0.4 is 5.32 Å². The van der Waals surface area contributed by atoms with Crippen molar-refractivity contribution in [3.8, 4) is 0 Å². The molecule has 1 aromatic heterocycles. The lowest BCUT2D eigenvalue weighted by Crippen LogP contribution is -2.21. The Morgan fingerprint density at radius 3 is 2.92 bits per heavy atom. The Bertz CT molecular complexity index is 250. The summed E-state index contributed by atoms with van der Waals surface area (Å²) >= 11 is 7.14. The van der Waals surface area contributed by atoms with Crippen LogP contribution in [-0.2, 0) is 6.54 Å². The van der Waals surface area contributed by atoms with Crippen LogP contribution in [0.25, 0.3) is 0 Å². The molecule has 0 fully saturated rings. The van der Waals surface area contributed by atoms with Crippen molar-refractivity contribution >= 4 is 39.0 Å². The fraction of sp³-hybridized carbons (Fsp3) is 0.556. The molecule has 0 bridgehead atoms. The van der Waals surface area contributed by atoms with E-state index >= 15 is 0 Å². The maximum Gasteiger partial charge on any atom is 0.0701 e. The van der Waals surface area contributed by atoms with Gasteiger partial charge in [0, 0.05) is 23.2 Å². The van der Waals surface area contributed by atoms with E-state index in [0.29, 0.717) is 5.25 Å². The molecule has 0 saturated carbocycles. The van der Waals surface area contributed by atoms with Crippen LogP contribution in [0.3, 0.4) is 0 Å². The Kier molecular flexibility index (Phi) is 5.39. The topological polar surface area (TPSA) is 12.0 Å². The maximum atomic E-state index is 3.45. The Morgan fingerprint density at radius 2 is 2.38 bits per heavy atom. The largest absolute Gasteiger partial charge is 0.311 e. The van der Waals surface area contributed by atoms with E-state index in [1.165, 1.54) is 8.66 Å². The number of nitrogens with one attached hydrogen (secondary N) is 1. The van der Waals surface area contributed by atoms with Gasteiger partial charge in [0.05, 0.1) is 3.79 Å². The van der Waals surface area contributed by atoms with Gasteiger partial charge in [0.25, 0.3) is 0 Å². The first kappa shape index (κ1) is 11.6. The minimum absolute atomic E-state index is 0.698. The second-order valence-electron chi connectivity index (χ2n) is 2.88. The standard InChI is InChI=1S/C9H14BrNS2/c1-7(12-2)5-11-6-8-3-4-9(10)13-8/h3-4,7,11H,5-6H2,1-2H3. The molecule has 1 heterocycles. The van der Waals surface area contributed by atoms with Gasteiger partial charge in [0.1, 0.15) is 0 Å². The summed E-state index contributed by atoms with van der Waals surface area (Å²) in [5.41, 5.74) is 0. The lowest BCUT2D eigenvalue weighted by molar-refractivity contribution is 0.691. The Labute approximate surface area is 96.4 Å². The zero-order chi connectivity index (χ0) is 9.68. The van der Waals surface area contributed by atoms with E-state index in [0.717, 1.165) is 13.1 Å². The van der Waals surface area contributed by atoms with E-state index < -0.39 is 0 Å². The minimum atomic E-state index is 0.698. The molecule has 1 atom stereocenters. The number of thiophene rings is 1. The van der Waals surface area contributed by atoms with Gasteiger partial charge >= 0.3 is 0 Å². The van der Waals surface area contributed by atoms with Crippen molar-refractivity contribution in [2.45, 2.75) is 18.7 Å². The lowest BCUT2D eigenvalue weighted by atomic mass is 10.4. The zero-order valence-electron chi connectivity index (χ0n) is 7.84. The highest BCUT2D eigenvalue weighted by Crippen LogP contribution is 2.21. The molecule has 0 spiro atoms. The van der Waals surface area contributed by atoms with Gasteiger partial charge in [0.15, 0.2) is 0 Å². The monoisotopic (exact) mass is 279 g/mol. The summed E-state index contributed by atoms with van der Waals surface area (Å²) < 4.78 is 1.21. The fourth-order valence-electron chi connectivity index (χ4n) is 0.929. The smallest absolute Gasteiger partial charge is 0.0701 e. The van der Waals surface area contributed by atoms with Gasteiger partial charge in [0.2, 0.25) is 0 Å². The molecule has 0 aromatic carbocycles. The zero-order valence-corrected chi connectivity index (χ0v) is 11.1. The van der Waals surface area contributed by atoms with E-state index in [9.17, 15) is 0 Å². The van der Waals surface area contributed by atoms with Crippen LogP contribution in [-0.4, -0.2) is 18.1 Å². The van der Waals surface area contributed by atoms with Crippen molar-refractivity contribution in [2.75, 3.05) is 12.8 Å². The first-order chi connectivity index (χ1) is 6.22. The van der Waals surface area contributed by atoms with E-state index in [-0.39, 0.29) is 0 Å². The van der Waals surface area contributed by atoms with Gasteiger partial charge in [-0.15, -0.1) is 11.3 Å². The number of halogens is 1. The molecular weight excluding hydrogens is 266 g/mol. The third kappa shape index (κ3) is 4.49. The Hall–Kier alpha value is 0.490. The van der Waals surface area contributed by atoms with Crippen LogP contribution in [0.4, 0.5) is 0 Å². The lowest BCUT2D eigenvalue weighted by Gasteiger charge is -2.08. The molecular formula is C9H14BrNS2. The minimum Gasteiger partial charge on any atom is -0.311 e. The van der Waals surface area contributed by atoms with Crippen molar-refractivity contribution in [1.29, 1.82) is 0 Å². The summed E-state index contributed by atoms with van der Waals surface area (Å²) in [6, 6.07) is 4.26. The molecule has 1 rings (SSSR count). The molecule has 0 radical (unpaired) electrons. The van der Waals surface area contributed by atoms with Crippen molar-refractivity contribution in [3.63, 3.8) is 0 Å². The van der Waals surface area contributed by atoms with Crippen LogP contribution >= 0.6 is 39.0 Å². The normalized spacial score (nSPS) is 13.2. The van der Waals surface area contributed by atoms with Crippen LogP contribution in [0.5, 0.6) is 0 Å². The second-order valence-corrected chi connectivity index (χ2v) is 6.71. The van der Waals surface area contributed by atoms with Crippen LogP contribution in [0.1, 0.15) is 11.8 Å². The molecule has 0 aliphatic carbocycles. The van der Waals surface area contributed by atoms with E-state index in [2.05, 4.69) is 46.6 Å². The molecule has 0 aliphatic rings. The summed E-state index contributed by atoms with van der Waals surface area (Å²) in [6.45, 7) is 4.31.